The van der Waals surface area contributed by atoms with E-state index in [-0.39, 0.29) is 30.5 Å². The van der Waals surface area contributed by atoms with Gasteiger partial charge in [-0.05, 0) is 17.7 Å². The fraction of sp³-hybridized carbons (Fsp3) is 0.250. The quantitative estimate of drug-likeness (QED) is 0.277. The van der Waals surface area contributed by atoms with Gasteiger partial charge in [-0.3, -0.25) is 9.78 Å². The molecule has 0 radical (unpaired) electrons. The molecule has 0 aliphatic carbocycles. The van der Waals surface area contributed by atoms with Crippen molar-refractivity contribution in [1.29, 1.82) is 5.41 Å². The molecule has 0 unspecified atom stereocenters. The summed E-state index contributed by atoms with van der Waals surface area (Å²) in [6.07, 6.45) is 1.62. The minimum absolute atomic E-state index is 0.00864. The van der Waals surface area contributed by atoms with E-state index >= 15 is 0 Å². The molecule has 1 heterocycles. The second-order valence-corrected chi connectivity index (χ2v) is 5.90. The molecular formula is C16H17Cl2N5O3. The van der Waals surface area contributed by atoms with Crippen LogP contribution in [0.1, 0.15) is 11.3 Å². The van der Waals surface area contributed by atoms with Gasteiger partial charge >= 0.3 is 0 Å². The number of carbonyl (C=O) groups is 1. The number of hydrogen-bond donors (Lipinski definition) is 4. The van der Waals surface area contributed by atoms with Gasteiger partial charge in [-0.1, -0.05) is 29.3 Å². The van der Waals surface area contributed by atoms with E-state index in [0.717, 1.165) is 11.8 Å². The van der Waals surface area contributed by atoms with E-state index in [1.807, 2.05) is 0 Å². The highest BCUT2D eigenvalue weighted by Crippen LogP contribution is 2.22. The van der Waals surface area contributed by atoms with E-state index in [1.165, 1.54) is 0 Å². The molecule has 0 saturated carbocycles. The van der Waals surface area contributed by atoms with Crippen molar-refractivity contribution in [1.82, 2.24) is 9.97 Å². The molecule has 0 amide bonds. The zero-order valence-electron chi connectivity index (χ0n) is 13.6. The molecule has 138 valence electrons. The van der Waals surface area contributed by atoms with Crippen LogP contribution in [0.15, 0.2) is 23.0 Å². The number of ether oxygens (including phenoxy) is 1. The first-order chi connectivity index (χ1) is 12.5. The number of anilines is 2. The first-order valence-electron chi connectivity index (χ1n) is 7.63. The minimum Gasteiger partial charge on any atom is -0.376 e. The summed E-state index contributed by atoms with van der Waals surface area (Å²) >= 11 is 11.8. The van der Waals surface area contributed by atoms with Crippen LogP contribution < -0.4 is 16.2 Å². The summed E-state index contributed by atoms with van der Waals surface area (Å²) in [6.45, 7) is 0.900. The lowest BCUT2D eigenvalue weighted by Gasteiger charge is -2.11. The van der Waals surface area contributed by atoms with Crippen LogP contribution in [0, 0.1) is 5.41 Å². The highest BCUT2D eigenvalue weighted by molar-refractivity contribution is 6.42. The Hall–Kier alpha value is -2.42. The number of H-pyrrole nitrogens is 1. The molecule has 26 heavy (non-hydrogen) atoms. The van der Waals surface area contributed by atoms with Crippen molar-refractivity contribution >= 4 is 47.3 Å². The summed E-state index contributed by atoms with van der Waals surface area (Å²) in [4.78, 5) is 29.2. The van der Waals surface area contributed by atoms with E-state index in [4.69, 9.17) is 33.3 Å². The Balaban J connectivity index is 2.04. The van der Waals surface area contributed by atoms with Crippen molar-refractivity contribution in [3.8, 4) is 0 Å². The third-order valence-corrected chi connectivity index (χ3v) is 4.00. The fourth-order valence-corrected chi connectivity index (χ4v) is 2.39. The molecule has 4 N–H and O–H groups in total. The lowest BCUT2D eigenvalue weighted by atomic mass is 10.2. The predicted molar refractivity (Wildman–Crippen MR) is 102 cm³/mol. The van der Waals surface area contributed by atoms with E-state index in [2.05, 4.69) is 20.6 Å². The van der Waals surface area contributed by atoms with Crippen LogP contribution in [0.25, 0.3) is 0 Å². The Labute approximate surface area is 159 Å². The molecule has 0 bridgehead atoms. The lowest BCUT2D eigenvalue weighted by Crippen LogP contribution is -2.22. The molecule has 2 aromatic rings. The summed E-state index contributed by atoms with van der Waals surface area (Å²) in [6, 6.07) is 5.19. The monoisotopic (exact) mass is 397 g/mol. The highest BCUT2D eigenvalue weighted by Gasteiger charge is 2.10. The van der Waals surface area contributed by atoms with Crippen molar-refractivity contribution in [3.05, 3.63) is 49.9 Å². The topological polar surface area (TPSA) is 120 Å². The number of hydrogen-bond acceptors (Lipinski definition) is 7. The normalized spacial score (nSPS) is 10.4. The summed E-state index contributed by atoms with van der Waals surface area (Å²) in [5.74, 6) is 0.224. The number of benzene rings is 1. The number of nitrogens with one attached hydrogen (secondary N) is 4. The predicted octanol–water partition coefficient (Wildman–Crippen LogP) is 2.31. The van der Waals surface area contributed by atoms with Gasteiger partial charge in [0.25, 0.3) is 5.56 Å². The number of aromatic amines is 1. The number of carbonyl (C=O) groups excluding carboxylic acids is 1. The first kappa shape index (κ1) is 19.9. The SMILES string of the molecule is N=Cc1nc(NCc2ccc(Cl)c(Cl)c2)[nH]c(=O)c1NCCOCC=O. The third-order valence-electron chi connectivity index (χ3n) is 3.26. The van der Waals surface area contributed by atoms with E-state index in [0.29, 0.717) is 29.4 Å². The van der Waals surface area contributed by atoms with Crippen molar-refractivity contribution in [3.63, 3.8) is 0 Å². The molecule has 0 atom stereocenters. The van der Waals surface area contributed by atoms with E-state index < -0.39 is 5.56 Å². The minimum atomic E-state index is -0.425. The van der Waals surface area contributed by atoms with Gasteiger partial charge in [0.05, 0.1) is 16.7 Å². The number of halogens is 2. The maximum Gasteiger partial charge on any atom is 0.276 e. The summed E-state index contributed by atoms with van der Waals surface area (Å²) in [5, 5.41) is 14.2. The molecule has 0 spiro atoms. The Bertz CT molecular complexity index is 841. The van der Waals surface area contributed by atoms with Gasteiger partial charge in [0, 0.05) is 19.3 Å². The average molecular weight is 398 g/mol. The fourth-order valence-electron chi connectivity index (χ4n) is 2.06. The van der Waals surface area contributed by atoms with Crippen LogP contribution >= 0.6 is 23.2 Å². The van der Waals surface area contributed by atoms with Crippen molar-refractivity contribution in [2.24, 2.45) is 0 Å². The molecule has 1 aromatic carbocycles. The van der Waals surface area contributed by atoms with Crippen molar-refractivity contribution in [2.45, 2.75) is 6.54 Å². The Morgan fingerprint density at radius 1 is 1.27 bits per heavy atom. The summed E-state index contributed by atoms with van der Waals surface area (Å²) in [5.41, 5.74) is 0.772. The molecule has 0 fully saturated rings. The van der Waals surface area contributed by atoms with Gasteiger partial charge in [0.1, 0.15) is 24.3 Å². The van der Waals surface area contributed by atoms with Gasteiger partial charge < -0.3 is 25.6 Å². The number of nitrogens with zero attached hydrogens (tertiary/aromatic N) is 1. The molecule has 2 rings (SSSR count). The second-order valence-electron chi connectivity index (χ2n) is 5.09. The maximum atomic E-state index is 12.2. The zero-order chi connectivity index (χ0) is 18.9. The average Bonchev–Trinajstić information content (AvgIpc) is 2.63. The molecule has 0 aliphatic rings. The Morgan fingerprint density at radius 3 is 2.77 bits per heavy atom. The molecule has 1 aromatic heterocycles. The second kappa shape index (κ2) is 9.91. The van der Waals surface area contributed by atoms with Crippen molar-refractivity contribution in [2.75, 3.05) is 30.4 Å². The van der Waals surface area contributed by atoms with Crippen LogP contribution in [-0.4, -0.2) is 42.2 Å². The van der Waals surface area contributed by atoms with Crippen LogP contribution in [0.4, 0.5) is 11.6 Å². The first-order valence-corrected chi connectivity index (χ1v) is 8.38. The highest BCUT2D eigenvalue weighted by atomic mass is 35.5. The standard InChI is InChI=1S/C16H17Cl2N5O3/c17-11-2-1-10(7-12(11)18)9-21-16-22-13(8-19)14(15(25)23-16)20-3-5-26-6-4-24/h1-2,4,7-8,19-20H,3,5-6,9H2,(H2,21,22,23,25). The van der Waals surface area contributed by atoms with Gasteiger partial charge in [0.2, 0.25) is 5.95 Å². The third kappa shape index (κ3) is 5.55. The van der Waals surface area contributed by atoms with Crippen molar-refractivity contribution < 1.29 is 9.53 Å². The van der Waals surface area contributed by atoms with Gasteiger partial charge in [0.15, 0.2) is 0 Å². The molecule has 0 aliphatic heterocycles. The summed E-state index contributed by atoms with van der Waals surface area (Å²) in [7, 11) is 0. The molecule has 8 nitrogen and oxygen atoms in total. The van der Waals surface area contributed by atoms with Crippen LogP contribution in [0.3, 0.4) is 0 Å². The van der Waals surface area contributed by atoms with E-state index in [1.54, 1.807) is 18.2 Å². The Morgan fingerprint density at radius 2 is 2.08 bits per heavy atom. The lowest BCUT2D eigenvalue weighted by molar-refractivity contribution is -0.111. The van der Waals surface area contributed by atoms with Gasteiger partial charge in [-0.15, -0.1) is 0 Å². The Kier molecular flexibility index (Phi) is 7.58. The van der Waals surface area contributed by atoms with Gasteiger partial charge in [-0.2, -0.15) is 0 Å². The number of rotatable bonds is 10. The summed E-state index contributed by atoms with van der Waals surface area (Å²) < 4.78 is 4.99. The van der Waals surface area contributed by atoms with Crippen LogP contribution in [-0.2, 0) is 16.1 Å². The smallest absolute Gasteiger partial charge is 0.276 e. The number of aromatic nitrogens is 2. The van der Waals surface area contributed by atoms with Gasteiger partial charge in [-0.25, -0.2) is 4.98 Å². The molecular weight excluding hydrogens is 381 g/mol. The van der Waals surface area contributed by atoms with Crippen LogP contribution in [0.2, 0.25) is 10.0 Å². The largest absolute Gasteiger partial charge is 0.376 e. The van der Waals surface area contributed by atoms with E-state index in [9.17, 15) is 9.59 Å². The number of aldehydes is 1. The maximum absolute atomic E-state index is 12.2. The van der Waals surface area contributed by atoms with Crippen LogP contribution in [0.5, 0.6) is 0 Å². The molecule has 10 heteroatoms. The zero-order valence-corrected chi connectivity index (χ0v) is 15.2. The molecule has 0 saturated heterocycles.